The van der Waals surface area contributed by atoms with Gasteiger partial charge in [-0.15, -0.1) is 0 Å². The number of aromatic carboxylic acids is 1. The fourth-order valence-corrected chi connectivity index (χ4v) is 5.03. The minimum atomic E-state index is -0.956. The molecule has 0 unspecified atom stereocenters. The minimum Gasteiger partial charge on any atom is -0.478 e. The number of aryl methyl sites for hydroxylation is 2. The van der Waals surface area contributed by atoms with E-state index in [1.807, 2.05) is 41.1 Å². The number of hydrogen-bond acceptors (Lipinski definition) is 3. The quantitative estimate of drug-likeness (QED) is 0.384. The summed E-state index contributed by atoms with van der Waals surface area (Å²) >= 11 is 5.85. The summed E-state index contributed by atoms with van der Waals surface area (Å²) in [6, 6.07) is 22.9. The molecule has 170 valence electrons. The first-order valence-electron chi connectivity index (χ1n) is 11.0. The standard InChI is InChI=1S/C27H24N4O2S/c1-17-13-18(2)15-21(14-17)31-25(24(29-27(31)34)22-9-3-4-11-28-22)23-10-6-12-30(23)20-8-5-7-19(16-20)26(32)33/h3-16,24-25H,1-2H3,(H,29,34)(H,32,33)/t24-,25+/m1/s1. The molecule has 3 heterocycles. The molecular weight excluding hydrogens is 444 g/mol. The second kappa shape index (κ2) is 8.76. The Labute approximate surface area is 203 Å². The van der Waals surface area contributed by atoms with Gasteiger partial charge in [0.15, 0.2) is 5.11 Å². The number of nitrogens with zero attached hydrogens (tertiary/aromatic N) is 3. The highest BCUT2D eigenvalue weighted by Crippen LogP contribution is 2.42. The number of pyridine rings is 1. The first-order valence-corrected chi connectivity index (χ1v) is 11.4. The lowest BCUT2D eigenvalue weighted by Crippen LogP contribution is -2.30. The summed E-state index contributed by atoms with van der Waals surface area (Å²) in [6.45, 7) is 4.16. The maximum atomic E-state index is 11.6. The summed E-state index contributed by atoms with van der Waals surface area (Å²) in [6.07, 6.45) is 3.73. The van der Waals surface area contributed by atoms with E-state index in [2.05, 4.69) is 53.3 Å². The average Bonchev–Trinajstić information content (AvgIpc) is 3.43. The summed E-state index contributed by atoms with van der Waals surface area (Å²) in [5.41, 5.74) is 6.19. The van der Waals surface area contributed by atoms with Gasteiger partial charge in [0.2, 0.25) is 0 Å². The van der Waals surface area contributed by atoms with Crippen molar-refractivity contribution < 1.29 is 9.90 Å². The lowest BCUT2D eigenvalue weighted by molar-refractivity contribution is 0.0697. The van der Waals surface area contributed by atoms with Crippen molar-refractivity contribution in [2.75, 3.05) is 4.90 Å². The molecule has 7 heteroatoms. The van der Waals surface area contributed by atoms with Crippen LogP contribution in [0.1, 0.15) is 45.0 Å². The van der Waals surface area contributed by atoms with Gasteiger partial charge < -0.3 is 19.9 Å². The third-order valence-corrected chi connectivity index (χ3v) is 6.35. The number of rotatable bonds is 5. The summed E-state index contributed by atoms with van der Waals surface area (Å²) in [5.74, 6) is -0.956. The van der Waals surface area contributed by atoms with Crippen LogP contribution in [0.25, 0.3) is 5.69 Å². The van der Waals surface area contributed by atoms with Crippen LogP contribution in [0.15, 0.2) is 85.2 Å². The van der Waals surface area contributed by atoms with E-state index in [4.69, 9.17) is 12.2 Å². The molecule has 1 aliphatic heterocycles. The lowest BCUT2D eigenvalue weighted by atomic mass is 10.00. The summed E-state index contributed by atoms with van der Waals surface area (Å²) in [4.78, 5) is 18.4. The zero-order valence-corrected chi connectivity index (χ0v) is 19.7. The fraction of sp³-hybridized carbons (Fsp3) is 0.148. The number of nitrogens with one attached hydrogen (secondary N) is 1. The summed E-state index contributed by atoms with van der Waals surface area (Å²) in [7, 11) is 0. The Morgan fingerprint density at radius 1 is 0.971 bits per heavy atom. The summed E-state index contributed by atoms with van der Waals surface area (Å²) in [5, 5.41) is 13.6. The molecule has 2 aromatic heterocycles. The van der Waals surface area contributed by atoms with Crippen LogP contribution < -0.4 is 10.2 Å². The molecule has 2 aromatic carbocycles. The topological polar surface area (TPSA) is 70.4 Å². The van der Waals surface area contributed by atoms with Crippen LogP contribution in [0.5, 0.6) is 0 Å². The van der Waals surface area contributed by atoms with Crippen molar-refractivity contribution in [2.45, 2.75) is 25.9 Å². The minimum absolute atomic E-state index is 0.189. The molecular formula is C27H24N4O2S. The Morgan fingerprint density at radius 2 is 1.76 bits per heavy atom. The van der Waals surface area contributed by atoms with Crippen LogP contribution in [-0.2, 0) is 0 Å². The largest absolute Gasteiger partial charge is 0.478 e. The zero-order valence-electron chi connectivity index (χ0n) is 18.8. The van der Waals surface area contributed by atoms with E-state index in [1.165, 1.54) is 0 Å². The van der Waals surface area contributed by atoms with E-state index < -0.39 is 5.97 Å². The molecule has 5 rings (SSSR count). The number of carboxylic acid groups (broad SMARTS) is 1. The third-order valence-electron chi connectivity index (χ3n) is 6.04. The van der Waals surface area contributed by atoms with Gasteiger partial charge in [-0.3, -0.25) is 4.98 Å². The molecule has 1 saturated heterocycles. The third kappa shape index (κ3) is 3.95. The van der Waals surface area contributed by atoms with Crippen LogP contribution in [0.2, 0.25) is 0 Å². The molecule has 2 atom stereocenters. The molecule has 4 aromatic rings. The Hall–Kier alpha value is -3.97. The van der Waals surface area contributed by atoms with Crippen LogP contribution in [0.4, 0.5) is 5.69 Å². The number of benzene rings is 2. The highest BCUT2D eigenvalue weighted by atomic mass is 32.1. The Kier molecular flexibility index (Phi) is 5.63. The van der Waals surface area contributed by atoms with E-state index >= 15 is 0 Å². The number of aromatic nitrogens is 2. The Morgan fingerprint density at radius 3 is 2.47 bits per heavy atom. The molecule has 0 bridgehead atoms. The SMILES string of the molecule is Cc1cc(C)cc(N2C(=S)N[C@H](c3ccccn3)[C@@H]2c2cccn2-c2cccc(C(=O)O)c2)c1. The maximum Gasteiger partial charge on any atom is 0.335 e. The monoisotopic (exact) mass is 468 g/mol. The van der Waals surface area contributed by atoms with Gasteiger partial charge in [0, 0.05) is 29.5 Å². The average molecular weight is 469 g/mol. The van der Waals surface area contributed by atoms with Gasteiger partial charge in [-0.1, -0.05) is 18.2 Å². The van der Waals surface area contributed by atoms with Crippen LogP contribution >= 0.6 is 12.2 Å². The van der Waals surface area contributed by atoms with E-state index in [1.54, 1.807) is 24.4 Å². The number of carbonyl (C=O) groups is 1. The highest BCUT2D eigenvalue weighted by molar-refractivity contribution is 7.80. The van der Waals surface area contributed by atoms with Crippen LogP contribution in [-0.4, -0.2) is 25.7 Å². The van der Waals surface area contributed by atoms with Crippen molar-refractivity contribution in [3.8, 4) is 5.69 Å². The predicted molar refractivity (Wildman–Crippen MR) is 137 cm³/mol. The highest BCUT2D eigenvalue weighted by Gasteiger charge is 2.42. The van der Waals surface area contributed by atoms with Crippen LogP contribution in [0.3, 0.4) is 0 Å². The van der Waals surface area contributed by atoms with Gasteiger partial charge in [0.1, 0.15) is 6.04 Å². The molecule has 0 aliphatic carbocycles. The van der Waals surface area contributed by atoms with E-state index in [-0.39, 0.29) is 17.6 Å². The normalized spacial score (nSPS) is 17.6. The fourth-order valence-electron chi connectivity index (χ4n) is 4.68. The van der Waals surface area contributed by atoms with Gasteiger partial charge in [-0.2, -0.15) is 0 Å². The lowest BCUT2D eigenvalue weighted by Gasteiger charge is -2.29. The van der Waals surface area contributed by atoms with Crippen LogP contribution in [0, 0.1) is 13.8 Å². The maximum absolute atomic E-state index is 11.6. The molecule has 0 saturated carbocycles. The van der Waals surface area contributed by atoms with Crippen molar-refractivity contribution >= 4 is 29.0 Å². The molecule has 2 N–H and O–H groups in total. The van der Waals surface area contributed by atoms with Gasteiger partial charge in [-0.05, 0) is 91.8 Å². The molecule has 0 amide bonds. The van der Waals surface area contributed by atoms with Crippen molar-refractivity contribution in [3.05, 3.63) is 113 Å². The number of carboxylic acids is 1. The molecule has 0 radical (unpaired) electrons. The molecule has 0 spiro atoms. The molecule has 34 heavy (non-hydrogen) atoms. The second-order valence-corrected chi connectivity index (χ2v) is 8.89. The molecule has 6 nitrogen and oxygen atoms in total. The van der Waals surface area contributed by atoms with E-state index in [0.29, 0.717) is 5.11 Å². The van der Waals surface area contributed by atoms with Crippen molar-refractivity contribution in [1.29, 1.82) is 0 Å². The number of hydrogen-bond donors (Lipinski definition) is 2. The number of thiocarbonyl (C=S) groups is 1. The summed E-state index contributed by atoms with van der Waals surface area (Å²) < 4.78 is 2.03. The van der Waals surface area contributed by atoms with Gasteiger partial charge in [0.05, 0.1) is 17.3 Å². The van der Waals surface area contributed by atoms with Gasteiger partial charge in [-0.25, -0.2) is 4.79 Å². The Bertz CT molecular complexity index is 1360. The second-order valence-electron chi connectivity index (χ2n) is 8.50. The molecule has 1 aliphatic rings. The van der Waals surface area contributed by atoms with Crippen molar-refractivity contribution in [3.63, 3.8) is 0 Å². The van der Waals surface area contributed by atoms with Gasteiger partial charge >= 0.3 is 5.97 Å². The smallest absolute Gasteiger partial charge is 0.335 e. The zero-order chi connectivity index (χ0) is 23.8. The van der Waals surface area contributed by atoms with E-state index in [9.17, 15) is 9.90 Å². The van der Waals surface area contributed by atoms with Crippen molar-refractivity contribution in [1.82, 2.24) is 14.9 Å². The number of anilines is 1. The predicted octanol–water partition coefficient (Wildman–Crippen LogP) is 5.36. The Balaban J connectivity index is 1.68. The van der Waals surface area contributed by atoms with Crippen molar-refractivity contribution in [2.24, 2.45) is 0 Å². The molecule has 1 fully saturated rings. The first-order chi connectivity index (χ1) is 16.4. The first kappa shape index (κ1) is 21.9. The van der Waals surface area contributed by atoms with Gasteiger partial charge in [0.25, 0.3) is 0 Å². The van der Waals surface area contributed by atoms with E-state index in [0.717, 1.165) is 33.9 Å².